The Labute approximate surface area is 121 Å². The molecule has 1 N–H and O–H groups in total. The molecule has 0 spiro atoms. The molecule has 0 aliphatic carbocycles. The molecule has 0 radical (unpaired) electrons. The first kappa shape index (κ1) is 15.3. The summed E-state index contributed by atoms with van der Waals surface area (Å²) in [6.07, 6.45) is 2.49. The van der Waals surface area contributed by atoms with E-state index in [0.717, 1.165) is 25.2 Å². The number of rotatable bonds is 6. The van der Waals surface area contributed by atoms with Crippen molar-refractivity contribution in [2.24, 2.45) is 0 Å². The molecule has 0 saturated carbocycles. The lowest BCUT2D eigenvalue weighted by atomic mass is 10.1. The van der Waals surface area contributed by atoms with Gasteiger partial charge in [-0.25, -0.2) is 4.39 Å². The van der Waals surface area contributed by atoms with Crippen LogP contribution in [0.4, 0.5) is 4.39 Å². The molecule has 1 atom stereocenters. The second kappa shape index (κ2) is 7.04. The van der Waals surface area contributed by atoms with Gasteiger partial charge in [-0.1, -0.05) is 6.07 Å². The van der Waals surface area contributed by atoms with Crippen LogP contribution in [-0.2, 0) is 6.54 Å². The summed E-state index contributed by atoms with van der Waals surface area (Å²) >= 11 is 0. The summed E-state index contributed by atoms with van der Waals surface area (Å²) in [6.45, 7) is 7.29. The van der Waals surface area contributed by atoms with Gasteiger partial charge in [0.2, 0.25) is 0 Å². The number of benzene rings is 1. The summed E-state index contributed by atoms with van der Waals surface area (Å²) in [5.41, 5.74) is 0.995. The van der Waals surface area contributed by atoms with Crippen LogP contribution >= 0.6 is 0 Å². The van der Waals surface area contributed by atoms with E-state index >= 15 is 0 Å². The average Bonchev–Trinajstić information content (AvgIpc) is 2.91. The maximum Gasteiger partial charge on any atom is 0.165 e. The fourth-order valence-corrected chi connectivity index (χ4v) is 2.70. The van der Waals surface area contributed by atoms with E-state index in [9.17, 15) is 4.39 Å². The standard InChI is InChI=1S/C16H25FN2O/c1-12(2)19(11-14-5-4-8-18-14)10-13-6-7-16(20-3)15(17)9-13/h6-7,9,12,14,18H,4-5,8,10-11H2,1-3H3. The first-order chi connectivity index (χ1) is 9.60. The normalized spacial score (nSPS) is 19.0. The molecular formula is C16H25FN2O. The van der Waals surface area contributed by atoms with Crippen LogP contribution in [-0.4, -0.2) is 37.2 Å². The Kier molecular flexibility index (Phi) is 5.38. The summed E-state index contributed by atoms with van der Waals surface area (Å²) in [7, 11) is 1.49. The predicted octanol–water partition coefficient (Wildman–Crippen LogP) is 2.80. The molecule has 1 aliphatic heterocycles. The lowest BCUT2D eigenvalue weighted by Crippen LogP contribution is -2.40. The number of halogens is 1. The van der Waals surface area contributed by atoms with Gasteiger partial charge in [-0.3, -0.25) is 4.90 Å². The van der Waals surface area contributed by atoms with Gasteiger partial charge in [-0.2, -0.15) is 0 Å². The Morgan fingerprint density at radius 2 is 2.25 bits per heavy atom. The van der Waals surface area contributed by atoms with Crippen LogP contribution in [0.3, 0.4) is 0 Å². The van der Waals surface area contributed by atoms with Crippen molar-refractivity contribution >= 4 is 0 Å². The highest BCUT2D eigenvalue weighted by molar-refractivity contribution is 5.29. The van der Waals surface area contributed by atoms with Crippen molar-refractivity contribution in [3.63, 3.8) is 0 Å². The Morgan fingerprint density at radius 1 is 1.45 bits per heavy atom. The summed E-state index contributed by atoms with van der Waals surface area (Å²) in [5, 5.41) is 3.52. The molecule has 3 nitrogen and oxygen atoms in total. The van der Waals surface area contributed by atoms with Crippen molar-refractivity contribution in [3.05, 3.63) is 29.6 Å². The van der Waals surface area contributed by atoms with Crippen molar-refractivity contribution in [3.8, 4) is 5.75 Å². The molecule has 4 heteroatoms. The Hall–Kier alpha value is -1.13. The number of methoxy groups -OCH3 is 1. The largest absolute Gasteiger partial charge is 0.494 e. The van der Waals surface area contributed by atoms with Crippen LogP contribution in [0, 0.1) is 5.82 Å². The summed E-state index contributed by atoms with van der Waals surface area (Å²) in [4.78, 5) is 2.39. The third kappa shape index (κ3) is 3.93. The fraction of sp³-hybridized carbons (Fsp3) is 0.625. The lowest BCUT2D eigenvalue weighted by Gasteiger charge is -2.29. The monoisotopic (exact) mass is 280 g/mol. The van der Waals surface area contributed by atoms with Crippen LogP contribution in [0.15, 0.2) is 18.2 Å². The van der Waals surface area contributed by atoms with Crippen molar-refractivity contribution in [2.45, 2.75) is 45.3 Å². The molecule has 1 fully saturated rings. The zero-order valence-electron chi connectivity index (χ0n) is 12.7. The third-order valence-electron chi connectivity index (χ3n) is 3.95. The zero-order valence-corrected chi connectivity index (χ0v) is 12.7. The summed E-state index contributed by atoms with van der Waals surface area (Å²) in [5.74, 6) is 0.0232. The maximum atomic E-state index is 13.8. The minimum absolute atomic E-state index is 0.285. The van der Waals surface area contributed by atoms with Crippen LogP contribution < -0.4 is 10.1 Å². The van der Waals surface area contributed by atoms with Crippen LogP contribution in [0.1, 0.15) is 32.3 Å². The van der Waals surface area contributed by atoms with E-state index in [1.54, 1.807) is 12.1 Å². The van der Waals surface area contributed by atoms with Gasteiger partial charge in [-0.15, -0.1) is 0 Å². The van der Waals surface area contributed by atoms with E-state index in [4.69, 9.17) is 4.74 Å². The first-order valence-electron chi connectivity index (χ1n) is 7.40. The van der Waals surface area contributed by atoms with Crippen molar-refractivity contribution < 1.29 is 9.13 Å². The van der Waals surface area contributed by atoms with Gasteiger partial charge in [-0.05, 0) is 50.9 Å². The van der Waals surface area contributed by atoms with Crippen molar-refractivity contribution in [1.29, 1.82) is 0 Å². The maximum absolute atomic E-state index is 13.8. The summed E-state index contributed by atoms with van der Waals surface area (Å²) in [6, 6.07) is 6.25. The Balaban J connectivity index is 2.01. The van der Waals surface area contributed by atoms with Gasteiger partial charge in [0.1, 0.15) is 0 Å². The quantitative estimate of drug-likeness (QED) is 0.867. The molecule has 0 amide bonds. The average molecular weight is 280 g/mol. The molecule has 1 heterocycles. The second-order valence-electron chi connectivity index (χ2n) is 5.79. The van der Waals surface area contributed by atoms with Crippen molar-refractivity contribution in [2.75, 3.05) is 20.2 Å². The van der Waals surface area contributed by atoms with Gasteiger partial charge < -0.3 is 10.1 Å². The molecule has 1 aliphatic rings. The number of nitrogens with one attached hydrogen (secondary N) is 1. The molecule has 112 valence electrons. The van der Waals surface area contributed by atoms with E-state index in [1.807, 2.05) is 6.07 Å². The molecule has 20 heavy (non-hydrogen) atoms. The fourth-order valence-electron chi connectivity index (χ4n) is 2.70. The Bertz CT molecular complexity index is 430. The highest BCUT2D eigenvalue weighted by Gasteiger charge is 2.20. The van der Waals surface area contributed by atoms with Crippen molar-refractivity contribution in [1.82, 2.24) is 10.2 Å². The lowest BCUT2D eigenvalue weighted by molar-refractivity contribution is 0.193. The number of hydrogen-bond acceptors (Lipinski definition) is 3. The van der Waals surface area contributed by atoms with E-state index in [0.29, 0.717) is 17.8 Å². The van der Waals surface area contributed by atoms with Crippen LogP contribution in [0.25, 0.3) is 0 Å². The van der Waals surface area contributed by atoms with Gasteiger partial charge in [0, 0.05) is 25.2 Å². The van der Waals surface area contributed by atoms with Gasteiger partial charge >= 0.3 is 0 Å². The van der Waals surface area contributed by atoms with E-state index in [2.05, 4.69) is 24.1 Å². The predicted molar refractivity (Wildman–Crippen MR) is 79.5 cm³/mol. The zero-order chi connectivity index (χ0) is 14.5. The first-order valence-corrected chi connectivity index (χ1v) is 7.40. The third-order valence-corrected chi connectivity index (χ3v) is 3.95. The molecule has 2 rings (SSSR count). The smallest absolute Gasteiger partial charge is 0.165 e. The van der Waals surface area contributed by atoms with Crippen LogP contribution in [0.5, 0.6) is 5.75 Å². The van der Waals surface area contributed by atoms with Gasteiger partial charge in [0.05, 0.1) is 7.11 Å². The van der Waals surface area contributed by atoms with E-state index < -0.39 is 0 Å². The highest BCUT2D eigenvalue weighted by atomic mass is 19.1. The second-order valence-corrected chi connectivity index (χ2v) is 5.79. The molecule has 1 unspecified atom stereocenters. The van der Waals surface area contributed by atoms with E-state index in [1.165, 1.54) is 20.0 Å². The molecule has 0 aromatic heterocycles. The summed E-state index contributed by atoms with van der Waals surface area (Å²) < 4.78 is 18.7. The van der Waals surface area contributed by atoms with Gasteiger partial charge in [0.25, 0.3) is 0 Å². The van der Waals surface area contributed by atoms with Gasteiger partial charge in [0.15, 0.2) is 11.6 Å². The number of hydrogen-bond donors (Lipinski definition) is 1. The minimum atomic E-state index is -0.285. The Morgan fingerprint density at radius 3 is 2.80 bits per heavy atom. The molecule has 1 aromatic rings. The SMILES string of the molecule is COc1ccc(CN(CC2CCCN2)C(C)C)cc1F. The van der Waals surface area contributed by atoms with E-state index in [-0.39, 0.29) is 5.82 Å². The molecule has 0 bridgehead atoms. The minimum Gasteiger partial charge on any atom is -0.494 e. The molecular weight excluding hydrogens is 255 g/mol. The molecule has 1 aromatic carbocycles. The topological polar surface area (TPSA) is 24.5 Å². The number of ether oxygens (including phenoxy) is 1. The molecule has 1 saturated heterocycles. The highest BCUT2D eigenvalue weighted by Crippen LogP contribution is 2.20. The number of nitrogens with zero attached hydrogens (tertiary/aromatic N) is 1. The van der Waals surface area contributed by atoms with Crippen LogP contribution in [0.2, 0.25) is 0 Å².